The van der Waals surface area contributed by atoms with E-state index in [-0.39, 0.29) is 24.4 Å². The fourth-order valence-electron chi connectivity index (χ4n) is 2.07. The molecular formula is C18H18N4O4. The standard InChI is InChI=1S/C18H18N4O4/c1-13-4-2-3-5-16(13)20-17(23)10-11-18(24)21-19-12-14-6-8-15(9-7-14)22(25)26/h2-9,12H,10-11H2,1H3,(H,20,23)(H,21,24). The zero-order valence-electron chi connectivity index (χ0n) is 14.1. The number of carbonyl (C=O) groups is 2. The van der Waals surface area contributed by atoms with Gasteiger partial charge in [0.2, 0.25) is 11.8 Å². The molecule has 2 aromatic rings. The van der Waals surface area contributed by atoms with Gasteiger partial charge in [-0.2, -0.15) is 5.10 Å². The molecular weight excluding hydrogens is 336 g/mol. The third kappa shape index (κ3) is 5.82. The van der Waals surface area contributed by atoms with Crippen molar-refractivity contribution in [2.75, 3.05) is 5.32 Å². The average molecular weight is 354 g/mol. The minimum Gasteiger partial charge on any atom is -0.326 e. The molecule has 0 saturated heterocycles. The van der Waals surface area contributed by atoms with E-state index < -0.39 is 10.8 Å². The van der Waals surface area contributed by atoms with Crippen molar-refractivity contribution < 1.29 is 14.5 Å². The summed E-state index contributed by atoms with van der Waals surface area (Å²) in [5.41, 5.74) is 4.56. The maximum Gasteiger partial charge on any atom is 0.269 e. The highest BCUT2D eigenvalue weighted by Crippen LogP contribution is 2.13. The minimum atomic E-state index is -0.495. The summed E-state index contributed by atoms with van der Waals surface area (Å²) in [6.45, 7) is 1.88. The van der Waals surface area contributed by atoms with Crippen molar-refractivity contribution in [3.8, 4) is 0 Å². The van der Waals surface area contributed by atoms with Gasteiger partial charge in [0.15, 0.2) is 0 Å². The van der Waals surface area contributed by atoms with Gasteiger partial charge in [0.1, 0.15) is 0 Å². The fourth-order valence-corrected chi connectivity index (χ4v) is 2.07. The van der Waals surface area contributed by atoms with Crippen molar-refractivity contribution >= 4 is 29.4 Å². The second-order valence-corrected chi connectivity index (χ2v) is 5.50. The summed E-state index contributed by atoms with van der Waals surface area (Å²) in [4.78, 5) is 33.6. The van der Waals surface area contributed by atoms with Crippen LogP contribution in [0.2, 0.25) is 0 Å². The lowest BCUT2D eigenvalue weighted by molar-refractivity contribution is -0.384. The molecule has 0 aliphatic heterocycles. The highest BCUT2D eigenvalue weighted by molar-refractivity contribution is 5.94. The number of benzene rings is 2. The predicted molar refractivity (Wildman–Crippen MR) is 97.9 cm³/mol. The molecule has 8 heteroatoms. The van der Waals surface area contributed by atoms with Crippen LogP contribution in [0.15, 0.2) is 53.6 Å². The number of hydrogen-bond acceptors (Lipinski definition) is 5. The van der Waals surface area contributed by atoms with Gasteiger partial charge in [-0.15, -0.1) is 0 Å². The number of anilines is 1. The summed E-state index contributed by atoms with van der Waals surface area (Å²) in [7, 11) is 0. The van der Waals surface area contributed by atoms with Crippen molar-refractivity contribution in [1.82, 2.24) is 5.43 Å². The predicted octanol–water partition coefficient (Wildman–Crippen LogP) is 2.77. The van der Waals surface area contributed by atoms with Crippen LogP contribution >= 0.6 is 0 Å². The number of nitrogens with zero attached hydrogens (tertiary/aromatic N) is 2. The Labute approximate surface area is 150 Å². The van der Waals surface area contributed by atoms with Crippen LogP contribution in [0.25, 0.3) is 0 Å². The van der Waals surface area contributed by atoms with E-state index in [4.69, 9.17) is 0 Å². The van der Waals surface area contributed by atoms with Gasteiger partial charge >= 0.3 is 0 Å². The third-order valence-corrected chi connectivity index (χ3v) is 3.51. The minimum absolute atomic E-state index is 0.00465. The second kappa shape index (κ2) is 9.07. The summed E-state index contributed by atoms with van der Waals surface area (Å²) in [6.07, 6.45) is 1.40. The van der Waals surface area contributed by atoms with Gasteiger partial charge < -0.3 is 5.32 Å². The van der Waals surface area contributed by atoms with Gasteiger partial charge in [-0.3, -0.25) is 19.7 Å². The van der Waals surface area contributed by atoms with Gasteiger partial charge in [0.25, 0.3) is 5.69 Å². The molecule has 0 aliphatic carbocycles. The number of carbonyl (C=O) groups excluding carboxylic acids is 2. The molecule has 0 unspecified atom stereocenters. The first-order chi connectivity index (χ1) is 12.5. The number of amides is 2. The highest BCUT2D eigenvalue weighted by Gasteiger charge is 2.08. The van der Waals surface area contributed by atoms with Crippen LogP contribution in [-0.4, -0.2) is 23.0 Å². The van der Waals surface area contributed by atoms with Crippen molar-refractivity contribution in [3.63, 3.8) is 0 Å². The quantitative estimate of drug-likeness (QED) is 0.452. The lowest BCUT2D eigenvalue weighted by Gasteiger charge is -2.07. The van der Waals surface area contributed by atoms with Gasteiger partial charge in [0.05, 0.1) is 11.1 Å². The molecule has 0 fully saturated rings. The molecule has 2 amide bonds. The summed E-state index contributed by atoms with van der Waals surface area (Å²) >= 11 is 0. The molecule has 0 radical (unpaired) electrons. The normalized spacial score (nSPS) is 10.5. The molecule has 2 rings (SSSR count). The van der Waals surface area contributed by atoms with E-state index in [2.05, 4.69) is 15.8 Å². The molecule has 0 atom stereocenters. The maximum absolute atomic E-state index is 11.9. The van der Waals surface area contributed by atoms with Crippen LogP contribution in [0.3, 0.4) is 0 Å². The number of para-hydroxylation sites is 1. The topological polar surface area (TPSA) is 114 Å². The summed E-state index contributed by atoms with van der Waals surface area (Å²) in [5.74, 6) is -0.656. The summed E-state index contributed by atoms with van der Waals surface area (Å²) in [6, 6.07) is 13.1. The Morgan fingerprint density at radius 3 is 2.38 bits per heavy atom. The Bertz CT molecular complexity index is 831. The average Bonchev–Trinajstić information content (AvgIpc) is 2.62. The zero-order chi connectivity index (χ0) is 18.9. The van der Waals surface area contributed by atoms with Crippen LogP contribution < -0.4 is 10.7 Å². The van der Waals surface area contributed by atoms with Crippen molar-refractivity contribution in [2.45, 2.75) is 19.8 Å². The molecule has 0 bridgehead atoms. The third-order valence-electron chi connectivity index (χ3n) is 3.51. The SMILES string of the molecule is Cc1ccccc1NC(=O)CCC(=O)NN=Cc1ccc([N+](=O)[O-])cc1. The van der Waals surface area contributed by atoms with Crippen LogP contribution in [0.5, 0.6) is 0 Å². The van der Waals surface area contributed by atoms with Gasteiger partial charge in [-0.05, 0) is 36.2 Å². The number of nitro benzene ring substituents is 1. The molecule has 8 nitrogen and oxygen atoms in total. The first-order valence-electron chi connectivity index (χ1n) is 7.87. The van der Waals surface area contributed by atoms with Crippen LogP contribution in [0, 0.1) is 17.0 Å². The molecule has 26 heavy (non-hydrogen) atoms. The maximum atomic E-state index is 11.9. The Kier molecular flexibility index (Phi) is 6.55. The Morgan fingerprint density at radius 2 is 1.73 bits per heavy atom. The molecule has 2 aromatic carbocycles. The van der Waals surface area contributed by atoms with E-state index in [9.17, 15) is 19.7 Å². The van der Waals surface area contributed by atoms with E-state index in [1.54, 1.807) is 6.07 Å². The summed E-state index contributed by atoms with van der Waals surface area (Å²) < 4.78 is 0. The van der Waals surface area contributed by atoms with Gasteiger partial charge in [-0.25, -0.2) is 5.43 Å². The number of non-ortho nitro benzene ring substituents is 1. The monoisotopic (exact) mass is 354 g/mol. The van der Waals surface area contributed by atoms with Crippen molar-refractivity contribution in [3.05, 3.63) is 69.8 Å². The highest BCUT2D eigenvalue weighted by atomic mass is 16.6. The van der Waals surface area contributed by atoms with E-state index in [0.717, 1.165) is 5.56 Å². The number of nitrogens with one attached hydrogen (secondary N) is 2. The van der Waals surface area contributed by atoms with Crippen LogP contribution in [0.4, 0.5) is 11.4 Å². The van der Waals surface area contributed by atoms with Crippen molar-refractivity contribution in [1.29, 1.82) is 0 Å². The van der Waals surface area contributed by atoms with Crippen LogP contribution in [0.1, 0.15) is 24.0 Å². The van der Waals surface area contributed by atoms with E-state index in [1.807, 2.05) is 25.1 Å². The van der Waals surface area contributed by atoms with Crippen molar-refractivity contribution in [2.24, 2.45) is 5.10 Å². The van der Waals surface area contributed by atoms with Crippen LogP contribution in [-0.2, 0) is 9.59 Å². The largest absolute Gasteiger partial charge is 0.326 e. The fraction of sp³-hybridized carbons (Fsp3) is 0.167. The Hall–Kier alpha value is -3.55. The molecule has 0 aromatic heterocycles. The van der Waals surface area contributed by atoms with E-state index in [0.29, 0.717) is 11.3 Å². The van der Waals surface area contributed by atoms with E-state index >= 15 is 0 Å². The van der Waals surface area contributed by atoms with Gasteiger partial charge in [0, 0.05) is 30.7 Å². The molecule has 0 aliphatic rings. The van der Waals surface area contributed by atoms with E-state index in [1.165, 1.54) is 30.5 Å². The smallest absolute Gasteiger partial charge is 0.269 e. The molecule has 2 N–H and O–H groups in total. The lowest BCUT2D eigenvalue weighted by Crippen LogP contribution is -2.20. The second-order valence-electron chi connectivity index (χ2n) is 5.50. The lowest BCUT2D eigenvalue weighted by atomic mass is 10.2. The molecule has 0 spiro atoms. The molecule has 134 valence electrons. The molecule has 0 heterocycles. The number of aryl methyl sites for hydroxylation is 1. The number of hydrogen-bond donors (Lipinski definition) is 2. The molecule has 0 saturated carbocycles. The summed E-state index contributed by atoms with van der Waals surface area (Å²) in [5, 5.41) is 17.1. The van der Waals surface area contributed by atoms with Gasteiger partial charge in [-0.1, -0.05) is 18.2 Å². The zero-order valence-corrected chi connectivity index (χ0v) is 14.1. The Balaban J connectivity index is 1.75. The first-order valence-corrected chi connectivity index (χ1v) is 7.87. The number of hydrazone groups is 1. The number of nitro groups is 1. The Morgan fingerprint density at radius 1 is 1.08 bits per heavy atom. The first kappa shape index (κ1) is 18.8. The number of rotatable bonds is 7.